The zero-order valence-electron chi connectivity index (χ0n) is 20.7. The van der Waals surface area contributed by atoms with E-state index in [-0.39, 0.29) is 5.56 Å². The van der Waals surface area contributed by atoms with E-state index in [0.717, 1.165) is 28.8 Å². The summed E-state index contributed by atoms with van der Waals surface area (Å²) < 4.78 is 41.7. The van der Waals surface area contributed by atoms with Crippen LogP contribution < -0.4 is 10.4 Å². The Morgan fingerprint density at radius 3 is 2.08 bits per heavy atom. The molecule has 1 amide bonds. The summed E-state index contributed by atoms with van der Waals surface area (Å²) in [5, 5.41) is 0.714. The van der Waals surface area contributed by atoms with E-state index >= 15 is 0 Å². The summed E-state index contributed by atoms with van der Waals surface area (Å²) >= 11 is 0. The van der Waals surface area contributed by atoms with Crippen LogP contribution >= 0.6 is 0 Å². The summed E-state index contributed by atoms with van der Waals surface area (Å²) in [4.78, 5) is 25.7. The minimum Gasteiger partial charge on any atom is -0.355 e. The summed E-state index contributed by atoms with van der Waals surface area (Å²) in [6.45, 7) is 0. The Hall–Kier alpha value is -4.40. The van der Waals surface area contributed by atoms with E-state index in [1.54, 1.807) is 7.05 Å². The average molecular weight is 526 g/mol. The van der Waals surface area contributed by atoms with E-state index in [1.165, 1.54) is 11.0 Å². The van der Waals surface area contributed by atoms with Crippen LogP contribution in [0.1, 0.15) is 33.5 Å². The average Bonchev–Trinajstić information content (AvgIpc) is 3.45. The number of hydroxylamine groups is 1. The van der Waals surface area contributed by atoms with Crippen molar-refractivity contribution < 1.29 is 22.8 Å². The van der Waals surface area contributed by atoms with Crippen LogP contribution in [0.4, 0.5) is 18.9 Å². The number of nitrogens with zero attached hydrogens (tertiary/aromatic N) is 1. The molecule has 2 aliphatic heterocycles. The van der Waals surface area contributed by atoms with Gasteiger partial charge in [0, 0.05) is 34.8 Å². The Kier molecular flexibility index (Phi) is 4.89. The topological polar surface area (TPSA) is 57.4 Å². The van der Waals surface area contributed by atoms with Gasteiger partial charge in [-0.25, -0.2) is 0 Å². The summed E-state index contributed by atoms with van der Waals surface area (Å²) in [5.74, 6) is -0.433. The van der Waals surface area contributed by atoms with Crippen LogP contribution in [-0.2, 0) is 26.9 Å². The second-order valence-electron chi connectivity index (χ2n) is 9.88. The molecule has 4 aromatic carbocycles. The number of hydrogen-bond donors (Lipinski definition) is 2. The van der Waals surface area contributed by atoms with Gasteiger partial charge >= 0.3 is 6.18 Å². The highest BCUT2D eigenvalue weighted by Crippen LogP contribution is 2.55. The van der Waals surface area contributed by atoms with Crippen molar-refractivity contribution in [1.29, 1.82) is 0 Å². The van der Waals surface area contributed by atoms with Gasteiger partial charge in [0.1, 0.15) is 0 Å². The third-order valence-electron chi connectivity index (χ3n) is 7.87. The van der Waals surface area contributed by atoms with Crippen molar-refractivity contribution in [1.82, 2.24) is 10.5 Å². The third-order valence-corrected chi connectivity index (χ3v) is 7.87. The van der Waals surface area contributed by atoms with Gasteiger partial charge in [0.2, 0.25) is 0 Å². The van der Waals surface area contributed by atoms with E-state index in [0.29, 0.717) is 22.3 Å². The number of halogens is 3. The van der Waals surface area contributed by atoms with Crippen LogP contribution in [0, 0.1) is 0 Å². The predicted molar refractivity (Wildman–Crippen MR) is 141 cm³/mol. The summed E-state index contributed by atoms with van der Waals surface area (Å²) in [7, 11) is 1.57. The smallest absolute Gasteiger partial charge is 0.355 e. The van der Waals surface area contributed by atoms with Gasteiger partial charge in [-0.1, -0.05) is 78.9 Å². The molecule has 0 aliphatic carbocycles. The second kappa shape index (κ2) is 8.05. The molecule has 1 spiro atoms. The van der Waals surface area contributed by atoms with E-state index < -0.39 is 28.8 Å². The highest BCUT2D eigenvalue weighted by atomic mass is 19.4. The molecule has 2 N–H and O–H groups in total. The molecule has 0 fully saturated rings. The van der Waals surface area contributed by atoms with Crippen molar-refractivity contribution in [2.24, 2.45) is 0 Å². The molecule has 0 saturated carbocycles. The molecule has 5 aromatic rings. The number of anilines is 1. The predicted octanol–water partition coefficient (Wildman–Crippen LogP) is 6.23. The number of fused-ring (bicyclic) bond motifs is 6. The number of amides is 1. The van der Waals surface area contributed by atoms with Crippen LogP contribution in [0.5, 0.6) is 0 Å². The van der Waals surface area contributed by atoms with Crippen molar-refractivity contribution >= 4 is 22.5 Å². The van der Waals surface area contributed by atoms with Gasteiger partial charge in [0.25, 0.3) is 5.91 Å². The normalized spacial score (nSPS) is 19.9. The highest BCUT2D eigenvalue weighted by Gasteiger charge is 2.61. The summed E-state index contributed by atoms with van der Waals surface area (Å²) in [5.41, 5.74) is 3.26. The summed E-state index contributed by atoms with van der Waals surface area (Å²) in [6.07, 6.45) is -4.59. The molecule has 1 aromatic heterocycles. The van der Waals surface area contributed by atoms with Crippen LogP contribution in [0.3, 0.4) is 0 Å². The Morgan fingerprint density at radius 2 is 1.44 bits per heavy atom. The largest absolute Gasteiger partial charge is 0.416 e. The van der Waals surface area contributed by atoms with Gasteiger partial charge in [-0.2, -0.15) is 18.7 Å². The number of likely N-dealkylation sites (N-methyl/N-ethyl adjacent to an activating group) is 1. The molecule has 5 nitrogen and oxygen atoms in total. The number of benzene rings is 4. The molecule has 0 saturated heterocycles. The monoisotopic (exact) mass is 525 g/mol. The number of carbonyl (C=O) groups is 1. The lowest BCUT2D eigenvalue weighted by atomic mass is 9.73. The number of alkyl halides is 3. The lowest BCUT2D eigenvalue weighted by molar-refractivity contribution is -0.145. The number of rotatable bonds is 2. The molecular weight excluding hydrogens is 503 g/mol. The number of aromatic amines is 1. The second-order valence-corrected chi connectivity index (χ2v) is 9.88. The van der Waals surface area contributed by atoms with Gasteiger partial charge in [-0.15, -0.1) is 0 Å². The van der Waals surface area contributed by atoms with Gasteiger partial charge in [0.15, 0.2) is 11.1 Å². The zero-order chi connectivity index (χ0) is 27.0. The van der Waals surface area contributed by atoms with Crippen LogP contribution in [0.25, 0.3) is 10.9 Å². The number of carbonyl (C=O) groups excluding carboxylic acids is 1. The fraction of sp³-hybridized carbons (Fsp3) is 0.129. The standard InChI is InChI=1S/C31H22F3N3O2/c1-37-25-17-16-21(31(32,33)34)18-23(25)29(28(37)38)26-22-14-8-9-15-24(22)35-27(26)30(39-36-29,19-10-4-2-5-11-19)20-12-6-3-7-13-20/h2-18,35-36H,1H3/t29-/m0/s1. The number of aromatic nitrogens is 1. The Labute approximate surface area is 221 Å². The van der Waals surface area contributed by atoms with E-state index in [9.17, 15) is 18.0 Å². The van der Waals surface area contributed by atoms with Crippen LogP contribution in [0.15, 0.2) is 103 Å². The molecule has 1 atom stereocenters. The molecule has 8 heteroatoms. The molecule has 194 valence electrons. The third kappa shape index (κ3) is 3.07. The molecule has 2 aliphatic rings. The number of nitrogens with one attached hydrogen (secondary N) is 2. The van der Waals surface area contributed by atoms with Gasteiger partial charge in [-0.05, 0) is 35.4 Å². The lowest BCUT2D eigenvalue weighted by Gasteiger charge is -2.45. The number of hydrogen-bond acceptors (Lipinski definition) is 3. The first-order valence-corrected chi connectivity index (χ1v) is 12.5. The first kappa shape index (κ1) is 23.7. The molecule has 3 heterocycles. The molecule has 7 rings (SSSR count). The SMILES string of the molecule is CN1C(=O)[C@]2(NOC(c3ccccc3)(c3ccccc3)c3[nH]c4ccccc4c32)c2cc(C(F)(F)F)ccc21. The zero-order valence-corrected chi connectivity index (χ0v) is 20.7. The van der Waals surface area contributed by atoms with E-state index in [1.807, 2.05) is 84.9 Å². The Morgan fingerprint density at radius 1 is 0.821 bits per heavy atom. The molecule has 0 bridgehead atoms. The molecule has 0 radical (unpaired) electrons. The molecule has 39 heavy (non-hydrogen) atoms. The molecular formula is C31H22F3N3O2. The Bertz CT molecular complexity index is 1710. The molecule has 0 unspecified atom stereocenters. The van der Waals surface area contributed by atoms with E-state index in [2.05, 4.69) is 10.5 Å². The first-order valence-electron chi connectivity index (χ1n) is 12.5. The van der Waals surface area contributed by atoms with Gasteiger partial charge in [-0.3, -0.25) is 9.63 Å². The lowest BCUT2D eigenvalue weighted by Crippen LogP contribution is -2.59. The quantitative estimate of drug-likeness (QED) is 0.287. The number of para-hydroxylation sites is 1. The van der Waals surface area contributed by atoms with Gasteiger partial charge in [0.05, 0.1) is 11.3 Å². The fourth-order valence-corrected chi connectivity index (χ4v) is 6.09. The fourth-order valence-electron chi connectivity index (χ4n) is 6.09. The summed E-state index contributed by atoms with van der Waals surface area (Å²) in [6, 6.07) is 30.0. The van der Waals surface area contributed by atoms with Crippen molar-refractivity contribution in [2.45, 2.75) is 17.3 Å². The minimum absolute atomic E-state index is 0.186. The van der Waals surface area contributed by atoms with Crippen LogP contribution in [0.2, 0.25) is 0 Å². The maximum Gasteiger partial charge on any atom is 0.416 e. The van der Waals surface area contributed by atoms with Crippen molar-refractivity contribution in [3.63, 3.8) is 0 Å². The first-order chi connectivity index (χ1) is 18.8. The van der Waals surface area contributed by atoms with Crippen molar-refractivity contribution in [2.75, 3.05) is 11.9 Å². The number of H-pyrrole nitrogens is 1. The van der Waals surface area contributed by atoms with Crippen molar-refractivity contribution in [3.05, 3.63) is 137 Å². The van der Waals surface area contributed by atoms with Crippen LogP contribution in [-0.4, -0.2) is 17.9 Å². The maximum atomic E-state index is 14.2. The van der Waals surface area contributed by atoms with Gasteiger partial charge < -0.3 is 9.88 Å². The minimum atomic E-state index is -4.59. The highest BCUT2D eigenvalue weighted by molar-refractivity contribution is 6.12. The van der Waals surface area contributed by atoms with Crippen molar-refractivity contribution in [3.8, 4) is 0 Å². The van der Waals surface area contributed by atoms with E-state index in [4.69, 9.17) is 4.84 Å². The maximum absolute atomic E-state index is 14.2. The Balaban J connectivity index is 1.62.